The minimum absolute atomic E-state index is 0.0906. The van der Waals surface area contributed by atoms with Crippen molar-refractivity contribution < 1.29 is 29.3 Å². The lowest BCUT2D eigenvalue weighted by atomic mass is 10.5. The maximum Gasteiger partial charge on any atom is 0.325 e. The molecule has 0 aromatic heterocycles. The van der Waals surface area contributed by atoms with Crippen LogP contribution in [0.4, 0.5) is 0 Å². The Bertz CT molecular complexity index is 184. The van der Waals surface area contributed by atoms with E-state index >= 15 is 0 Å². The van der Waals surface area contributed by atoms with E-state index in [1.54, 1.807) is 0 Å². The molecule has 13 heavy (non-hydrogen) atoms. The van der Waals surface area contributed by atoms with E-state index in [0.29, 0.717) is 12.5 Å². The van der Waals surface area contributed by atoms with Crippen molar-refractivity contribution in [3.05, 3.63) is 0 Å². The van der Waals surface area contributed by atoms with Gasteiger partial charge in [0.05, 0.1) is 6.61 Å². The predicted molar refractivity (Wildman–Crippen MR) is 49.1 cm³/mol. The third-order valence-corrected chi connectivity index (χ3v) is 3.42. The van der Waals surface area contributed by atoms with E-state index < -0.39 is 22.7 Å². The molecule has 0 rings (SSSR count). The molecule has 6 nitrogen and oxygen atoms in total. The molecule has 0 bridgehead atoms. The number of hydrogen-bond acceptors (Lipinski definition) is 5. The van der Waals surface area contributed by atoms with Crippen molar-refractivity contribution in [1.82, 2.24) is 0 Å². The Morgan fingerprint density at radius 2 is 2.00 bits per heavy atom. The summed E-state index contributed by atoms with van der Waals surface area (Å²) in [5, 5.41) is 25.5. The van der Waals surface area contributed by atoms with Crippen molar-refractivity contribution in [2.24, 2.45) is 0 Å². The van der Waals surface area contributed by atoms with Crippen LogP contribution in [0.1, 0.15) is 6.42 Å². The largest absolute Gasteiger partial charge is 0.348 e. The zero-order chi connectivity index (χ0) is 10.5. The first-order valence-electron chi connectivity index (χ1n) is 3.83. The van der Waals surface area contributed by atoms with E-state index in [9.17, 15) is 4.57 Å². The molecule has 0 aromatic rings. The first-order chi connectivity index (χ1) is 5.71. The summed E-state index contributed by atoms with van der Waals surface area (Å²) in [4.78, 5) is 8.67. The van der Waals surface area contributed by atoms with Gasteiger partial charge in [0.2, 0.25) is 5.60 Å². The summed E-state index contributed by atoms with van der Waals surface area (Å²) in [7, 11) is -4.82. The van der Waals surface area contributed by atoms with Crippen LogP contribution in [0.3, 0.4) is 0 Å². The lowest BCUT2D eigenvalue weighted by Gasteiger charge is -2.13. The third kappa shape index (κ3) is 12.2. The highest BCUT2D eigenvalue weighted by atomic mass is 31.2. The van der Waals surface area contributed by atoms with Gasteiger partial charge < -0.3 is 24.7 Å². The van der Waals surface area contributed by atoms with Gasteiger partial charge in [0, 0.05) is 6.66 Å². The highest BCUT2D eigenvalue weighted by molar-refractivity contribution is 7.51. The lowest BCUT2D eigenvalue weighted by Crippen LogP contribution is -2.34. The molecule has 1 atom stereocenters. The molecule has 8 heteroatoms. The highest BCUT2D eigenvalue weighted by Crippen LogP contribution is 2.36. The van der Waals surface area contributed by atoms with E-state index in [-0.39, 0.29) is 6.61 Å². The Morgan fingerprint density at radius 3 is 2.38 bits per heavy atom. The van der Waals surface area contributed by atoms with Gasteiger partial charge >= 0.3 is 7.60 Å². The minimum Gasteiger partial charge on any atom is -0.348 e. The fraction of sp³-hybridized carbons (Fsp3) is 1.00. The third-order valence-electron chi connectivity index (χ3n) is 1.24. The maximum absolute atomic E-state index is 10.6. The molecule has 0 saturated carbocycles. The van der Waals surface area contributed by atoms with Gasteiger partial charge in [-0.05, 0) is 6.42 Å². The number of rotatable bonds is 6. The maximum atomic E-state index is 10.6. The normalized spacial score (nSPS) is 17.9. The Morgan fingerprint density at radius 1 is 1.46 bits per heavy atom. The van der Waals surface area contributed by atoms with Crippen molar-refractivity contribution in [3.8, 4) is 0 Å². The van der Waals surface area contributed by atoms with Gasteiger partial charge in [-0.25, -0.2) is 0 Å². The summed E-state index contributed by atoms with van der Waals surface area (Å²) in [5.41, 5.74) is -2.52. The topological polar surface area (TPSA) is 107 Å². The summed E-state index contributed by atoms with van der Waals surface area (Å²) in [5.74, 6) is 0. The van der Waals surface area contributed by atoms with Crippen molar-refractivity contribution in [1.29, 1.82) is 0 Å². The van der Waals surface area contributed by atoms with Crippen LogP contribution in [0.15, 0.2) is 0 Å². The van der Waals surface area contributed by atoms with E-state index in [2.05, 4.69) is 4.52 Å². The molecule has 0 aliphatic rings. The Balaban J connectivity index is 3.33. The van der Waals surface area contributed by atoms with Crippen molar-refractivity contribution in [2.75, 3.05) is 13.3 Å². The SMILES string of the molecule is CP(=O)(O)OCCC[SiH2]C(O)(O)O. The van der Waals surface area contributed by atoms with Gasteiger partial charge in [-0.3, -0.25) is 4.57 Å². The Labute approximate surface area is 78.5 Å². The molecular weight excluding hydrogens is 215 g/mol. The summed E-state index contributed by atoms with van der Waals surface area (Å²) < 4.78 is 15.1. The monoisotopic (exact) mass is 230 g/mol. The molecule has 0 spiro atoms. The summed E-state index contributed by atoms with van der Waals surface area (Å²) in [6, 6.07) is 0.434. The van der Waals surface area contributed by atoms with Crippen LogP contribution < -0.4 is 0 Å². The Kier molecular flexibility index (Phi) is 5.31. The molecule has 4 N–H and O–H groups in total. The van der Waals surface area contributed by atoms with Crippen LogP contribution in [-0.2, 0) is 9.09 Å². The quantitative estimate of drug-likeness (QED) is 0.189. The van der Waals surface area contributed by atoms with Crippen LogP contribution >= 0.6 is 7.60 Å². The van der Waals surface area contributed by atoms with Gasteiger partial charge in [-0.15, -0.1) is 0 Å². The fourth-order valence-electron chi connectivity index (χ4n) is 0.698. The first kappa shape index (κ1) is 13.2. The summed E-state index contributed by atoms with van der Waals surface area (Å²) in [6.07, 6.45) is 0.439. The molecule has 0 aliphatic heterocycles. The molecule has 0 fully saturated rings. The van der Waals surface area contributed by atoms with Crippen LogP contribution in [0.5, 0.6) is 0 Å². The average Bonchev–Trinajstić information content (AvgIpc) is 1.81. The highest BCUT2D eigenvalue weighted by Gasteiger charge is 2.17. The molecule has 0 amide bonds. The first-order valence-corrected chi connectivity index (χ1v) is 7.56. The molecule has 0 aromatic carbocycles. The molecule has 0 saturated heterocycles. The van der Waals surface area contributed by atoms with Crippen molar-refractivity contribution in [3.63, 3.8) is 0 Å². The molecular formula is C5H15O6PSi. The second-order valence-electron chi connectivity index (χ2n) is 2.87. The second kappa shape index (κ2) is 5.21. The number of hydrogen-bond donors (Lipinski definition) is 4. The zero-order valence-corrected chi connectivity index (χ0v) is 9.69. The molecule has 80 valence electrons. The fourth-order valence-corrected chi connectivity index (χ4v) is 2.09. The van der Waals surface area contributed by atoms with Crippen LogP contribution in [0, 0.1) is 0 Å². The van der Waals surface area contributed by atoms with Gasteiger partial charge in [-0.1, -0.05) is 6.04 Å². The minimum atomic E-state index is -3.42. The summed E-state index contributed by atoms with van der Waals surface area (Å²) in [6.45, 7) is 1.17. The van der Waals surface area contributed by atoms with Crippen molar-refractivity contribution in [2.45, 2.75) is 18.1 Å². The second-order valence-corrected chi connectivity index (χ2v) is 6.89. The molecule has 0 heterocycles. The zero-order valence-electron chi connectivity index (χ0n) is 7.38. The predicted octanol–water partition coefficient (Wildman–Crippen LogP) is -1.62. The van der Waals surface area contributed by atoms with Crippen LogP contribution in [-0.4, -0.2) is 48.6 Å². The average molecular weight is 230 g/mol. The molecule has 1 unspecified atom stereocenters. The molecule has 0 aliphatic carbocycles. The number of aliphatic hydroxyl groups is 3. The summed E-state index contributed by atoms with van der Waals surface area (Å²) >= 11 is 0. The van der Waals surface area contributed by atoms with Crippen LogP contribution in [0.2, 0.25) is 6.04 Å². The smallest absolute Gasteiger partial charge is 0.325 e. The molecule has 0 radical (unpaired) electrons. The van der Waals surface area contributed by atoms with Gasteiger partial charge in [0.1, 0.15) is 9.52 Å². The van der Waals surface area contributed by atoms with Gasteiger partial charge in [-0.2, -0.15) is 0 Å². The van der Waals surface area contributed by atoms with E-state index in [4.69, 9.17) is 20.2 Å². The lowest BCUT2D eigenvalue weighted by molar-refractivity contribution is -0.246. The Hall–Kier alpha value is 0.247. The van der Waals surface area contributed by atoms with E-state index in [1.165, 1.54) is 0 Å². The van der Waals surface area contributed by atoms with Crippen molar-refractivity contribution >= 4 is 17.1 Å². The van der Waals surface area contributed by atoms with E-state index in [0.717, 1.165) is 6.66 Å². The standard InChI is InChI=1S/C5H15O6PSi/c1-12(9,10)11-3-2-4-13-5(6,7)8/h6-8H,2-4,13H2,1H3,(H,9,10). The van der Waals surface area contributed by atoms with Gasteiger partial charge in [0.15, 0.2) is 0 Å². The van der Waals surface area contributed by atoms with E-state index in [1.807, 2.05) is 0 Å². The van der Waals surface area contributed by atoms with Gasteiger partial charge in [0.25, 0.3) is 0 Å². The van der Waals surface area contributed by atoms with Crippen LogP contribution in [0.25, 0.3) is 0 Å².